The minimum atomic E-state index is -3.78. The summed E-state index contributed by atoms with van der Waals surface area (Å²) in [5.41, 5.74) is 0.777. The zero-order chi connectivity index (χ0) is 20.1. The molecule has 3 rings (SSSR count). The SMILES string of the molecule is N#Cc1ccccc1S(=O)(=O)N1CCC(C(=O)NCc2cccc(F)c2)CC1. The molecule has 0 atom stereocenters. The van der Waals surface area contributed by atoms with Crippen LogP contribution in [-0.4, -0.2) is 31.7 Å². The molecule has 0 aromatic heterocycles. The number of nitrogens with zero attached hydrogens (tertiary/aromatic N) is 2. The average Bonchev–Trinajstić information content (AvgIpc) is 2.72. The molecule has 1 N–H and O–H groups in total. The van der Waals surface area contributed by atoms with Gasteiger partial charge in [-0.1, -0.05) is 24.3 Å². The summed E-state index contributed by atoms with van der Waals surface area (Å²) in [5.74, 6) is -0.826. The summed E-state index contributed by atoms with van der Waals surface area (Å²) < 4.78 is 40.2. The van der Waals surface area contributed by atoms with Crippen molar-refractivity contribution in [2.75, 3.05) is 13.1 Å². The van der Waals surface area contributed by atoms with Gasteiger partial charge in [-0.2, -0.15) is 9.57 Å². The number of piperidine rings is 1. The van der Waals surface area contributed by atoms with E-state index in [4.69, 9.17) is 5.26 Å². The molecule has 28 heavy (non-hydrogen) atoms. The van der Waals surface area contributed by atoms with Gasteiger partial charge >= 0.3 is 0 Å². The number of hydrogen-bond donors (Lipinski definition) is 1. The van der Waals surface area contributed by atoms with E-state index in [-0.39, 0.29) is 47.7 Å². The first-order chi connectivity index (χ1) is 13.4. The van der Waals surface area contributed by atoms with E-state index in [1.54, 1.807) is 24.3 Å². The molecule has 6 nitrogen and oxygen atoms in total. The number of nitrogens with one attached hydrogen (secondary N) is 1. The number of hydrogen-bond acceptors (Lipinski definition) is 4. The number of sulfonamides is 1. The maximum atomic E-state index is 13.2. The molecule has 1 aliphatic heterocycles. The van der Waals surface area contributed by atoms with Crippen LogP contribution in [0.15, 0.2) is 53.4 Å². The van der Waals surface area contributed by atoms with Gasteiger partial charge < -0.3 is 5.32 Å². The predicted molar refractivity (Wildman–Crippen MR) is 101 cm³/mol. The standard InChI is InChI=1S/C20H20FN3O3S/c21-18-6-3-4-15(12-18)14-23-20(25)16-8-10-24(11-9-16)28(26,27)19-7-2-1-5-17(19)13-22/h1-7,12,16H,8-11,14H2,(H,23,25). The highest BCUT2D eigenvalue weighted by Crippen LogP contribution is 2.25. The van der Waals surface area contributed by atoms with Gasteiger partial charge in [0.15, 0.2) is 0 Å². The van der Waals surface area contributed by atoms with Crippen molar-refractivity contribution in [1.29, 1.82) is 5.26 Å². The van der Waals surface area contributed by atoms with Gasteiger partial charge in [-0.05, 0) is 42.7 Å². The highest BCUT2D eigenvalue weighted by Gasteiger charge is 2.33. The molecule has 1 fully saturated rings. The molecule has 2 aromatic rings. The Hall–Kier alpha value is -2.76. The summed E-state index contributed by atoms with van der Waals surface area (Å²) in [5, 5.41) is 11.9. The van der Waals surface area contributed by atoms with Crippen molar-refractivity contribution >= 4 is 15.9 Å². The lowest BCUT2D eigenvalue weighted by Crippen LogP contribution is -2.43. The van der Waals surface area contributed by atoms with Gasteiger partial charge in [0.1, 0.15) is 11.9 Å². The van der Waals surface area contributed by atoms with Crippen LogP contribution in [0.5, 0.6) is 0 Å². The molecule has 2 aromatic carbocycles. The van der Waals surface area contributed by atoms with Crippen LogP contribution < -0.4 is 5.32 Å². The van der Waals surface area contributed by atoms with Crippen LogP contribution in [0, 0.1) is 23.1 Å². The average molecular weight is 401 g/mol. The van der Waals surface area contributed by atoms with Crippen LogP contribution >= 0.6 is 0 Å². The third-order valence-electron chi connectivity index (χ3n) is 4.81. The third kappa shape index (κ3) is 4.38. The number of amides is 1. The Morgan fingerprint density at radius 2 is 1.89 bits per heavy atom. The fraction of sp³-hybridized carbons (Fsp3) is 0.300. The number of benzene rings is 2. The number of nitriles is 1. The van der Waals surface area contributed by atoms with Crippen LogP contribution in [0.4, 0.5) is 4.39 Å². The second kappa shape index (κ2) is 8.50. The molecule has 0 unspecified atom stereocenters. The van der Waals surface area contributed by atoms with Gasteiger partial charge in [-0.25, -0.2) is 12.8 Å². The summed E-state index contributed by atoms with van der Waals surface area (Å²) in [6.07, 6.45) is 0.784. The van der Waals surface area contributed by atoms with E-state index in [1.165, 1.54) is 28.6 Å². The highest BCUT2D eigenvalue weighted by atomic mass is 32.2. The molecule has 1 saturated heterocycles. The lowest BCUT2D eigenvalue weighted by Gasteiger charge is -2.30. The topological polar surface area (TPSA) is 90.3 Å². The minimum absolute atomic E-state index is 0.00787. The molecular formula is C20H20FN3O3S. The fourth-order valence-corrected chi connectivity index (χ4v) is 4.87. The molecule has 0 spiro atoms. The second-order valence-electron chi connectivity index (χ2n) is 6.63. The third-order valence-corrected chi connectivity index (χ3v) is 6.76. The summed E-state index contributed by atoms with van der Waals surface area (Å²) in [6, 6.07) is 14.0. The predicted octanol–water partition coefficient (Wildman–Crippen LogP) is 2.41. The number of halogens is 1. The largest absolute Gasteiger partial charge is 0.352 e. The van der Waals surface area contributed by atoms with E-state index < -0.39 is 10.0 Å². The molecule has 1 aliphatic rings. The molecule has 1 amide bonds. The molecule has 146 valence electrons. The van der Waals surface area contributed by atoms with Crippen molar-refractivity contribution in [3.05, 3.63) is 65.5 Å². The second-order valence-corrected chi connectivity index (χ2v) is 8.54. The Kier molecular flexibility index (Phi) is 6.07. The minimum Gasteiger partial charge on any atom is -0.352 e. The van der Waals surface area contributed by atoms with Crippen LogP contribution in [0.2, 0.25) is 0 Å². The van der Waals surface area contributed by atoms with E-state index in [2.05, 4.69) is 5.32 Å². The smallest absolute Gasteiger partial charge is 0.244 e. The highest BCUT2D eigenvalue weighted by molar-refractivity contribution is 7.89. The lowest BCUT2D eigenvalue weighted by molar-refractivity contribution is -0.126. The van der Waals surface area contributed by atoms with Gasteiger partial charge in [0.05, 0.1) is 10.5 Å². The van der Waals surface area contributed by atoms with Gasteiger partial charge in [0.2, 0.25) is 15.9 Å². The maximum Gasteiger partial charge on any atom is 0.244 e. The molecule has 0 saturated carbocycles. The van der Waals surface area contributed by atoms with Crippen LogP contribution in [0.25, 0.3) is 0 Å². The van der Waals surface area contributed by atoms with E-state index in [0.29, 0.717) is 18.4 Å². The molecule has 0 bridgehead atoms. The molecule has 0 aliphatic carbocycles. The van der Waals surface area contributed by atoms with Crippen molar-refractivity contribution in [3.8, 4) is 6.07 Å². The first-order valence-electron chi connectivity index (χ1n) is 8.93. The van der Waals surface area contributed by atoms with Crippen LogP contribution in [0.3, 0.4) is 0 Å². The first-order valence-corrected chi connectivity index (χ1v) is 10.4. The number of carbonyl (C=O) groups is 1. The van der Waals surface area contributed by atoms with Crippen molar-refractivity contribution < 1.29 is 17.6 Å². The normalized spacial score (nSPS) is 15.7. The fourth-order valence-electron chi connectivity index (χ4n) is 3.26. The van der Waals surface area contributed by atoms with Gasteiger partial charge in [-0.3, -0.25) is 4.79 Å². The van der Waals surface area contributed by atoms with Crippen molar-refractivity contribution in [3.63, 3.8) is 0 Å². The van der Waals surface area contributed by atoms with Crippen molar-refractivity contribution in [2.24, 2.45) is 5.92 Å². The molecular weight excluding hydrogens is 381 g/mol. The Labute approximate surface area is 163 Å². The van der Waals surface area contributed by atoms with E-state index in [0.717, 1.165) is 0 Å². The lowest BCUT2D eigenvalue weighted by atomic mass is 9.97. The van der Waals surface area contributed by atoms with Gasteiger partial charge in [-0.15, -0.1) is 0 Å². The number of rotatable bonds is 5. The Bertz CT molecular complexity index is 1010. The molecule has 1 heterocycles. The molecule has 8 heteroatoms. The summed E-state index contributed by atoms with van der Waals surface area (Å²) in [7, 11) is -3.78. The van der Waals surface area contributed by atoms with E-state index in [1.807, 2.05) is 6.07 Å². The van der Waals surface area contributed by atoms with Crippen LogP contribution in [-0.2, 0) is 21.4 Å². The summed E-state index contributed by atoms with van der Waals surface area (Å²) in [6.45, 7) is 0.644. The van der Waals surface area contributed by atoms with Gasteiger partial charge in [0, 0.05) is 25.6 Å². The van der Waals surface area contributed by atoms with E-state index >= 15 is 0 Å². The zero-order valence-corrected chi connectivity index (χ0v) is 16.0. The van der Waals surface area contributed by atoms with Gasteiger partial charge in [0.25, 0.3) is 0 Å². The van der Waals surface area contributed by atoms with Crippen molar-refractivity contribution in [1.82, 2.24) is 9.62 Å². The maximum absolute atomic E-state index is 13.2. The van der Waals surface area contributed by atoms with Crippen LogP contribution in [0.1, 0.15) is 24.0 Å². The van der Waals surface area contributed by atoms with Crippen molar-refractivity contribution in [2.45, 2.75) is 24.3 Å². The number of carbonyl (C=O) groups excluding carboxylic acids is 1. The monoisotopic (exact) mass is 401 g/mol. The summed E-state index contributed by atoms with van der Waals surface area (Å²) in [4.78, 5) is 12.4. The quantitative estimate of drug-likeness (QED) is 0.833. The zero-order valence-electron chi connectivity index (χ0n) is 15.1. The Morgan fingerprint density at radius 1 is 1.18 bits per heavy atom. The molecule has 0 radical (unpaired) electrons. The summed E-state index contributed by atoms with van der Waals surface area (Å²) >= 11 is 0. The first kappa shape index (κ1) is 20.0. The Morgan fingerprint density at radius 3 is 2.57 bits per heavy atom. The van der Waals surface area contributed by atoms with E-state index in [9.17, 15) is 17.6 Å². The Balaban J connectivity index is 1.59.